The van der Waals surface area contributed by atoms with Crippen LogP contribution in [-0.2, 0) is 22.6 Å². The maximum atomic E-state index is 11.7. The number of benzene rings is 3. The Labute approximate surface area is 218 Å². The number of nitrogens with zero attached hydrogens (tertiary/aromatic N) is 1. The monoisotopic (exact) mass is 493 g/mol. The highest BCUT2D eigenvalue weighted by atomic mass is 16.5. The molecule has 188 valence electrons. The van der Waals surface area contributed by atoms with Gasteiger partial charge in [0.1, 0.15) is 12.4 Å². The van der Waals surface area contributed by atoms with E-state index in [0.717, 1.165) is 29.7 Å². The molecule has 3 aromatic carbocycles. The molecule has 0 radical (unpaired) electrons. The van der Waals surface area contributed by atoms with Crippen molar-refractivity contribution in [1.29, 1.82) is 0 Å². The molecule has 0 spiro atoms. The predicted octanol–water partition coefficient (Wildman–Crippen LogP) is 6.42. The number of ether oxygens (including phenoxy) is 2. The second-order valence-corrected chi connectivity index (χ2v) is 9.22. The first-order valence-electron chi connectivity index (χ1n) is 12.7. The number of fused-ring (bicyclic) bond motifs is 2. The molecule has 0 saturated carbocycles. The van der Waals surface area contributed by atoms with Crippen LogP contribution >= 0.6 is 0 Å². The van der Waals surface area contributed by atoms with Gasteiger partial charge in [-0.1, -0.05) is 72.8 Å². The number of aliphatic carboxylic acids is 1. The summed E-state index contributed by atoms with van der Waals surface area (Å²) in [5, 5.41) is 9.60. The molecular formula is C32H31NO4. The Kier molecular flexibility index (Phi) is 7.82. The third-order valence-corrected chi connectivity index (χ3v) is 6.69. The van der Waals surface area contributed by atoms with Crippen molar-refractivity contribution in [2.45, 2.75) is 32.0 Å². The number of hydrogen-bond acceptors (Lipinski definition) is 4. The maximum absolute atomic E-state index is 11.7. The van der Waals surface area contributed by atoms with Crippen molar-refractivity contribution in [3.8, 4) is 5.75 Å². The number of carbonyl (C=O) groups is 1. The van der Waals surface area contributed by atoms with Crippen molar-refractivity contribution in [2.24, 2.45) is 0 Å². The molecular weight excluding hydrogens is 462 g/mol. The largest absolute Gasteiger partial charge is 0.492 e. The lowest BCUT2D eigenvalue weighted by molar-refractivity contribution is -0.151. The van der Waals surface area contributed by atoms with Crippen LogP contribution in [0.1, 0.15) is 29.5 Å². The van der Waals surface area contributed by atoms with Gasteiger partial charge in [-0.05, 0) is 59.4 Å². The topological polar surface area (TPSA) is 59.0 Å². The normalized spacial score (nSPS) is 15.1. The molecule has 1 aliphatic carbocycles. The Morgan fingerprint density at radius 2 is 1.70 bits per heavy atom. The van der Waals surface area contributed by atoms with E-state index in [1.54, 1.807) is 0 Å². The van der Waals surface area contributed by atoms with Crippen molar-refractivity contribution in [3.05, 3.63) is 126 Å². The van der Waals surface area contributed by atoms with Crippen molar-refractivity contribution < 1.29 is 19.4 Å². The first-order chi connectivity index (χ1) is 18.2. The number of rotatable bonds is 10. The summed E-state index contributed by atoms with van der Waals surface area (Å²) in [6, 6.07) is 25.7. The fraction of sp³-hybridized carbons (Fsp3) is 0.219. The molecule has 0 amide bonds. The second kappa shape index (κ2) is 11.8. The second-order valence-electron chi connectivity index (χ2n) is 9.22. The summed E-state index contributed by atoms with van der Waals surface area (Å²) in [7, 11) is 0. The minimum Gasteiger partial charge on any atom is -0.492 e. The minimum atomic E-state index is -0.964. The number of allylic oxidation sites excluding steroid dienone is 5. The summed E-state index contributed by atoms with van der Waals surface area (Å²) in [4.78, 5) is 14.0. The van der Waals surface area contributed by atoms with Crippen LogP contribution in [0.25, 0.3) is 5.57 Å². The summed E-state index contributed by atoms with van der Waals surface area (Å²) in [5.41, 5.74) is 7.02. The highest BCUT2D eigenvalue weighted by molar-refractivity contribution is 5.84. The molecule has 2 aliphatic rings. The van der Waals surface area contributed by atoms with Gasteiger partial charge >= 0.3 is 5.97 Å². The van der Waals surface area contributed by atoms with E-state index in [4.69, 9.17) is 9.47 Å². The summed E-state index contributed by atoms with van der Waals surface area (Å²) in [6.07, 6.45) is 10.3. The van der Waals surface area contributed by atoms with Crippen LogP contribution in [0, 0.1) is 0 Å². The van der Waals surface area contributed by atoms with Crippen LogP contribution in [0.2, 0.25) is 0 Å². The van der Waals surface area contributed by atoms with Gasteiger partial charge in [-0.15, -0.1) is 0 Å². The Balaban J connectivity index is 1.16. The van der Waals surface area contributed by atoms with Gasteiger partial charge in [-0.25, -0.2) is 4.79 Å². The van der Waals surface area contributed by atoms with E-state index in [0.29, 0.717) is 19.6 Å². The van der Waals surface area contributed by atoms with Gasteiger partial charge in [-0.2, -0.15) is 0 Å². The lowest BCUT2D eigenvalue weighted by Gasteiger charge is -2.23. The molecule has 1 N–H and O–H groups in total. The highest BCUT2D eigenvalue weighted by Gasteiger charge is 2.20. The van der Waals surface area contributed by atoms with Crippen LogP contribution in [0.3, 0.4) is 0 Å². The lowest BCUT2D eigenvalue weighted by atomic mass is 9.91. The molecule has 1 atom stereocenters. The molecule has 3 aromatic rings. The Hall–Kier alpha value is -4.09. The van der Waals surface area contributed by atoms with E-state index >= 15 is 0 Å². The van der Waals surface area contributed by atoms with Crippen LogP contribution in [0.5, 0.6) is 5.75 Å². The van der Waals surface area contributed by atoms with E-state index in [1.165, 1.54) is 22.4 Å². The number of carboxylic acids is 1. The SMILES string of the molecule is O=C(O)C(Cc1ccc(OCCN2C=CC3=C(CCC=C3)c3ccccc32)cc1)OCc1ccccc1. The summed E-state index contributed by atoms with van der Waals surface area (Å²) < 4.78 is 11.7. The van der Waals surface area contributed by atoms with E-state index < -0.39 is 12.1 Å². The Bertz CT molecular complexity index is 1310. The zero-order valence-corrected chi connectivity index (χ0v) is 20.8. The fourth-order valence-electron chi connectivity index (χ4n) is 4.74. The van der Waals surface area contributed by atoms with Crippen LogP contribution in [0.4, 0.5) is 5.69 Å². The summed E-state index contributed by atoms with van der Waals surface area (Å²) >= 11 is 0. The summed E-state index contributed by atoms with van der Waals surface area (Å²) in [5.74, 6) is -0.207. The van der Waals surface area contributed by atoms with Gasteiger partial charge in [0.05, 0.1) is 13.2 Å². The van der Waals surface area contributed by atoms with Crippen LogP contribution < -0.4 is 9.64 Å². The van der Waals surface area contributed by atoms with Gasteiger partial charge < -0.3 is 19.5 Å². The smallest absolute Gasteiger partial charge is 0.333 e. The van der Waals surface area contributed by atoms with Gasteiger partial charge in [0, 0.05) is 23.9 Å². The van der Waals surface area contributed by atoms with Crippen molar-refractivity contribution in [2.75, 3.05) is 18.1 Å². The van der Waals surface area contributed by atoms with E-state index in [2.05, 4.69) is 53.6 Å². The lowest BCUT2D eigenvalue weighted by Crippen LogP contribution is -2.26. The molecule has 5 heteroatoms. The molecule has 0 fully saturated rings. The molecule has 0 aromatic heterocycles. The van der Waals surface area contributed by atoms with E-state index in [1.807, 2.05) is 54.6 Å². The number of anilines is 1. The van der Waals surface area contributed by atoms with Crippen LogP contribution in [-0.4, -0.2) is 30.3 Å². The Morgan fingerprint density at radius 3 is 2.51 bits per heavy atom. The predicted molar refractivity (Wildman–Crippen MR) is 147 cm³/mol. The van der Waals surface area contributed by atoms with E-state index in [-0.39, 0.29) is 6.61 Å². The van der Waals surface area contributed by atoms with E-state index in [9.17, 15) is 9.90 Å². The molecule has 1 heterocycles. The zero-order chi connectivity index (χ0) is 25.5. The zero-order valence-electron chi connectivity index (χ0n) is 20.8. The first-order valence-corrected chi connectivity index (χ1v) is 12.7. The van der Waals surface area contributed by atoms with Crippen molar-refractivity contribution in [1.82, 2.24) is 0 Å². The van der Waals surface area contributed by atoms with Crippen molar-refractivity contribution >= 4 is 17.2 Å². The quantitative estimate of drug-likeness (QED) is 0.353. The van der Waals surface area contributed by atoms with Crippen LogP contribution in [0.15, 0.2) is 109 Å². The first kappa shape index (κ1) is 24.6. The fourth-order valence-corrected chi connectivity index (χ4v) is 4.74. The number of carboxylic acid groups (broad SMARTS) is 1. The average Bonchev–Trinajstić information content (AvgIpc) is 3.09. The average molecular weight is 494 g/mol. The van der Waals surface area contributed by atoms with Gasteiger partial charge in [0.25, 0.3) is 0 Å². The van der Waals surface area contributed by atoms with Gasteiger partial charge in [0.15, 0.2) is 6.10 Å². The molecule has 0 saturated heterocycles. The summed E-state index contributed by atoms with van der Waals surface area (Å²) in [6.45, 7) is 1.51. The molecule has 5 nitrogen and oxygen atoms in total. The maximum Gasteiger partial charge on any atom is 0.333 e. The molecule has 5 rings (SSSR count). The number of para-hydroxylation sites is 1. The minimum absolute atomic E-state index is 0.266. The number of hydrogen-bond donors (Lipinski definition) is 1. The highest BCUT2D eigenvalue weighted by Crippen LogP contribution is 2.37. The molecule has 37 heavy (non-hydrogen) atoms. The standard InChI is InChI=1S/C32H31NO4/c34-32(35)31(37-23-25-8-2-1-3-9-25)22-24-14-16-27(17-15-24)36-21-20-33-19-18-26-10-4-5-11-28(26)29-12-6-7-13-30(29)33/h1-4,6-10,12-19,31H,5,11,20-23H2,(H,34,35). The van der Waals surface area contributed by atoms with Gasteiger partial charge in [0.2, 0.25) is 0 Å². The molecule has 0 bridgehead atoms. The Morgan fingerprint density at radius 1 is 0.919 bits per heavy atom. The molecule has 1 aliphatic heterocycles. The molecule has 1 unspecified atom stereocenters. The van der Waals surface area contributed by atoms with Crippen molar-refractivity contribution in [3.63, 3.8) is 0 Å². The third kappa shape index (κ3) is 6.19. The third-order valence-electron chi connectivity index (χ3n) is 6.69. The van der Waals surface area contributed by atoms with Gasteiger partial charge in [-0.3, -0.25) is 0 Å².